The van der Waals surface area contributed by atoms with E-state index in [4.69, 9.17) is 4.18 Å². The molecule has 2 aromatic carbocycles. The van der Waals surface area contributed by atoms with E-state index in [9.17, 15) is 21.6 Å². The molecule has 0 heterocycles. The van der Waals surface area contributed by atoms with E-state index in [1.165, 1.54) is 19.1 Å². The van der Waals surface area contributed by atoms with Crippen LogP contribution in [0.4, 0.5) is 13.2 Å². The van der Waals surface area contributed by atoms with Gasteiger partial charge in [-0.2, -0.15) is 21.6 Å². The first kappa shape index (κ1) is 15.4. The van der Waals surface area contributed by atoms with Crippen LogP contribution in [0.25, 0.3) is 0 Å². The lowest BCUT2D eigenvalue weighted by atomic mass is 10.1. The Kier molecular flexibility index (Phi) is 3.95. The Morgan fingerprint density at radius 1 is 1.00 bits per heavy atom. The molecule has 0 aromatic heterocycles. The van der Waals surface area contributed by atoms with E-state index in [2.05, 4.69) is 0 Å². The predicted molar refractivity (Wildman–Crippen MR) is 70.4 cm³/mol. The first-order valence-electron chi connectivity index (χ1n) is 5.87. The van der Waals surface area contributed by atoms with Gasteiger partial charge in [-0.25, -0.2) is 0 Å². The van der Waals surface area contributed by atoms with Crippen LogP contribution in [0, 0.1) is 6.92 Å². The molecule has 7 heteroatoms. The zero-order valence-electron chi connectivity index (χ0n) is 10.9. The Morgan fingerprint density at radius 3 is 2.19 bits per heavy atom. The van der Waals surface area contributed by atoms with Crippen molar-refractivity contribution in [2.45, 2.75) is 18.0 Å². The number of aryl methyl sites for hydroxylation is 1. The molecule has 0 unspecified atom stereocenters. The number of hydrogen-bond acceptors (Lipinski definition) is 3. The van der Waals surface area contributed by atoms with Crippen molar-refractivity contribution in [3.05, 3.63) is 59.7 Å². The van der Waals surface area contributed by atoms with Gasteiger partial charge in [0.05, 0.1) is 5.56 Å². The number of hydrogen-bond donors (Lipinski definition) is 0. The lowest BCUT2D eigenvalue weighted by Gasteiger charge is -2.12. The molecular weight excluding hydrogens is 305 g/mol. The molecule has 112 valence electrons. The topological polar surface area (TPSA) is 43.4 Å². The molecule has 0 N–H and O–H groups in total. The molecule has 0 aliphatic heterocycles. The second kappa shape index (κ2) is 5.40. The largest absolute Gasteiger partial charge is 0.416 e. The Balaban J connectivity index is 2.42. The van der Waals surface area contributed by atoms with Crippen LogP contribution in [0.3, 0.4) is 0 Å². The molecular formula is C14H11F3O3S. The summed E-state index contributed by atoms with van der Waals surface area (Å²) in [5.41, 5.74) is -1.05. The molecule has 2 rings (SSSR count). The van der Waals surface area contributed by atoms with Crippen molar-refractivity contribution in [1.29, 1.82) is 0 Å². The summed E-state index contributed by atoms with van der Waals surface area (Å²) in [5.74, 6) is 0.0339. The van der Waals surface area contributed by atoms with Crippen LogP contribution < -0.4 is 4.18 Å². The normalized spacial score (nSPS) is 12.2. The molecule has 0 radical (unpaired) electrons. The van der Waals surface area contributed by atoms with E-state index in [1.807, 2.05) is 0 Å². The molecule has 0 fully saturated rings. The van der Waals surface area contributed by atoms with Gasteiger partial charge < -0.3 is 4.18 Å². The highest BCUT2D eigenvalue weighted by molar-refractivity contribution is 7.87. The molecule has 21 heavy (non-hydrogen) atoms. The number of alkyl halides is 3. The maximum Gasteiger partial charge on any atom is 0.416 e. The third-order valence-corrected chi connectivity index (χ3v) is 4.00. The summed E-state index contributed by atoms with van der Waals surface area (Å²) in [7, 11) is -4.31. The van der Waals surface area contributed by atoms with Gasteiger partial charge in [0, 0.05) is 0 Å². The summed E-state index contributed by atoms with van der Waals surface area (Å²) in [4.78, 5) is -0.538. The van der Waals surface area contributed by atoms with Gasteiger partial charge in [-0.05, 0) is 36.8 Å². The SMILES string of the molecule is Cc1ccc(S(=O)(=O)Oc2ccccc2)cc1C(F)(F)F. The first-order valence-corrected chi connectivity index (χ1v) is 7.28. The van der Waals surface area contributed by atoms with Crippen LogP contribution in [0.5, 0.6) is 5.75 Å². The highest BCUT2D eigenvalue weighted by atomic mass is 32.2. The molecule has 0 saturated carbocycles. The monoisotopic (exact) mass is 316 g/mol. The third-order valence-electron chi connectivity index (χ3n) is 2.75. The summed E-state index contributed by atoms with van der Waals surface area (Å²) in [5, 5.41) is 0. The predicted octanol–water partition coefficient (Wildman–Crippen LogP) is 3.78. The quantitative estimate of drug-likeness (QED) is 0.809. The van der Waals surface area contributed by atoms with Crippen LogP contribution in [-0.2, 0) is 16.3 Å². The standard InChI is InChI=1S/C14H11F3O3S/c1-10-7-8-12(9-13(10)14(15,16)17)21(18,19)20-11-5-3-2-4-6-11/h2-9H,1H3. The van der Waals surface area contributed by atoms with Crippen LogP contribution in [0.15, 0.2) is 53.4 Å². The third kappa shape index (κ3) is 3.55. The molecule has 0 spiro atoms. The summed E-state index contributed by atoms with van der Waals surface area (Å²) >= 11 is 0. The number of benzene rings is 2. The van der Waals surface area contributed by atoms with Gasteiger partial charge in [-0.1, -0.05) is 24.3 Å². The fraction of sp³-hybridized carbons (Fsp3) is 0.143. The molecule has 0 bridgehead atoms. The van der Waals surface area contributed by atoms with Crippen LogP contribution in [-0.4, -0.2) is 8.42 Å². The summed E-state index contributed by atoms with van der Waals surface area (Å²) in [6.07, 6.45) is -4.62. The van der Waals surface area contributed by atoms with E-state index in [1.54, 1.807) is 18.2 Å². The van der Waals surface area contributed by atoms with E-state index >= 15 is 0 Å². The molecule has 0 aliphatic carbocycles. The second-order valence-corrected chi connectivity index (χ2v) is 5.87. The highest BCUT2D eigenvalue weighted by Gasteiger charge is 2.34. The van der Waals surface area contributed by atoms with Crippen LogP contribution in [0.2, 0.25) is 0 Å². The van der Waals surface area contributed by atoms with Crippen molar-refractivity contribution in [1.82, 2.24) is 0 Å². The summed E-state index contributed by atoms with van der Waals surface area (Å²) in [6, 6.07) is 10.3. The van der Waals surface area contributed by atoms with Gasteiger partial charge in [-0.15, -0.1) is 0 Å². The Morgan fingerprint density at radius 2 is 1.62 bits per heavy atom. The summed E-state index contributed by atoms with van der Waals surface area (Å²) in [6.45, 7) is 1.26. The fourth-order valence-electron chi connectivity index (χ4n) is 1.71. The van der Waals surface area contributed by atoms with Gasteiger partial charge in [-0.3, -0.25) is 0 Å². The molecule has 0 amide bonds. The van der Waals surface area contributed by atoms with Gasteiger partial charge in [0.1, 0.15) is 10.6 Å². The fourth-order valence-corrected chi connectivity index (χ4v) is 2.67. The Labute approximate surface area is 120 Å². The average molecular weight is 316 g/mol. The van der Waals surface area contributed by atoms with E-state index < -0.39 is 26.8 Å². The number of para-hydroxylation sites is 1. The van der Waals surface area contributed by atoms with Crippen molar-refractivity contribution in [3.63, 3.8) is 0 Å². The minimum absolute atomic E-state index is 0.0339. The average Bonchev–Trinajstić information content (AvgIpc) is 2.38. The van der Waals surface area contributed by atoms with E-state index in [-0.39, 0.29) is 11.3 Å². The zero-order chi connectivity index (χ0) is 15.7. The minimum atomic E-state index is -4.62. The molecule has 0 atom stereocenters. The van der Waals surface area contributed by atoms with Gasteiger partial charge in [0.15, 0.2) is 0 Å². The summed E-state index contributed by atoms with van der Waals surface area (Å²) < 4.78 is 67.2. The van der Waals surface area contributed by atoms with Crippen LogP contribution in [0.1, 0.15) is 11.1 Å². The Hall–Kier alpha value is -2.02. The van der Waals surface area contributed by atoms with Crippen molar-refractivity contribution in [2.24, 2.45) is 0 Å². The van der Waals surface area contributed by atoms with Gasteiger partial charge in [0.25, 0.3) is 0 Å². The maximum absolute atomic E-state index is 12.8. The number of rotatable bonds is 3. The number of halogens is 3. The molecule has 0 saturated heterocycles. The van der Waals surface area contributed by atoms with E-state index in [0.29, 0.717) is 6.07 Å². The highest BCUT2D eigenvalue weighted by Crippen LogP contribution is 2.33. The smallest absolute Gasteiger partial charge is 0.379 e. The molecule has 2 aromatic rings. The van der Waals surface area contributed by atoms with Gasteiger partial charge >= 0.3 is 16.3 Å². The molecule has 0 aliphatic rings. The lowest BCUT2D eigenvalue weighted by Crippen LogP contribution is -2.13. The van der Waals surface area contributed by atoms with Crippen molar-refractivity contribution < 1.29 is 25.8 Å². The van der Waals surface area contributed by atoms with Gasteiger partial charge in [0.2, 0.25) is 0 Å². The van der Waals surface area contributed by atoms with Crippen molar-refractivity contribution in [2.75, 3.05) is 0 Å². The molecule has 3 nitrogen and oxygen atoms in total. The van der Waals surface area contributed by atoms with E-state index in [0.717, 1.165) is 12.1 Å². The van der Waals surface area contributed by atoms with Crippen LogP contribution >= 0.6 is 0 Å². The van der Waals surface area contributed by atoms with Crippen molar-refractivity contribution >= 4 is 10.1 Å². The van der Waals surface area contributed by atoms with Crippen molar-refractivity contribution in [3.8, 4) is 5.75 Å². The minimum Gasteiger partial charge on any atom is -0.379 e. The Bertz CT molecular complexity index is 738. The maximum atomic E-state index is 12.8. The first-order chi connectivity index (χ1) is 9.70. The lowest BCUT2D eigenvalue weighted by molar-refractivity contribution is -0.138. The second-order valence-electron chi connectivity index (χ2n) is 4.32. The zero-order valence-corrected chi connectivity index (χ0v) is 11.7.